The Kier molecular flexibility index (Phi) is 4.51. The van der Waals surface area contributed by atoms with Crippen LogP contribution >= 0.6 is 11.6 Å². The number of aryl methyl sites for hydroxylation is 2. The lowest BCUT2D eigenvalue weighted by Crippen LogP contribution is -2.22. The molecule has 0 radical (unpaired) electrons. The molecule has 0 aromatic carbocycles. The number of aromatic nitrogens is 3. The van der Waals surface area contributed by atoms with Gasteiger partial charge in [0.1, 0.15) is 18.1 Å². The third kappa shape index (κ3) is 3.59. The quantitative estimate of drug-likeness (QED) is 0.476. The molecule has 0 unspecified atom stereocenters. The molecular formula is C14H22ClN3OSi. The Morgan fingerprint density at radius 2 is 1.95 bits per heavy atom. The summed E-state index contributed by atoms with van der Waals surface area (Å²) in [7, 11) is -1.05. The number of pyridine rings is 1. The van der Waals surface area contributed by atoms with Gasteiger partial charge in [0.25, 0.3) is 0 Å². The molecule has 0 atom stereocenters. The first-order valence-electron chi connectivity index (χ1n) is 6.86. The van der Waals surface area contributed by atoms with Crippen molar-refractivity contribution < 1.29 is 4.74 Å². The second kappa shape index (κ2) is 5.83. The van der Waals surface area contributed by atoms with E-state index in [0.29, 0.717) is 11.9 Å². The maximum Gasteiger partial charge on any atom is 0.157 e. The van der Waals surface area contributed by atoms with E-state index in [2.05, 4.69) is 34.2 Å². The topological polar surface area (TPSA) is 39.9 Å². The molecule has 2 heterocycles. The van der Waals surface area contributed by atoms with Crippen LogP contribution in [-0.4, -0.2) is 29.2 Å². The Bertz CT molecular complexity index is 619. The lowest BCUT2D eigenvalue weighted by Gasteiger charge is -2.16. The molecule has 0 aliphatic heterocycles. The van der Waals surface area contributed by atoms with Crippen molar-refractivity contribution in [2.24, 2.45) is 0 Å². The van der Waals surface area contributed by atoms with Crippen molar-refractivity contribution in [1.29, 1.82) is 0 Å². The molecular weight excluding hydrogens is 290 g/mol. The zero-order chi connectivity index (χ0) is 14.9. The highest BCUT2D eigenvalue weighted by Gasteiger charge is 2.14. The Labute approximate surface area is 126 Å². The van der Waals surface area contributed by atoms with Crippen LogP contribution in [0.25, 0.3) is 11.0 Å². The molecule has 20 heavy (non-hydrogen) atoms. The van der Waals surface area contributed by atoms with Crippen LogP contribution in [0.2, 0.25) is 30.8 Å². The molecule has 0 saturated heterocycles. The van der Waals surface area contributed by atoms with Crippen molar-refractivity contribution in [3.8, 4) is 0 Å². The zero-order valence-electron chi connectivity index (χ0n) is 12.8. The standard InChI is InChI=1S/C14H22ClN3OSi/c1-10-8-12-13(14(15)16-10)17-11(2)18(12)9-19-6-7-20(3,4)5/h8H,6-7,9H2,1-5H3. The van der Waals surface area contributed by atoms with Gasteiger partial charge in [-0.15, -0.1) is 0 Å². The van der Waals surface area contributed by atoms with Crippen molar-refractivity contribution >= 4 is 30.7 Å². The summed E-state index contributed by atoms with van der Waals surface area (Å²) in [5.74, 6) is 0.905. The van der Waals surface area contributed by atoms with Gasteiger partial charge in [0, 0.05) is 20.4 Å². The van der Waals surface area contributed by atoms with Gasteiger partial charge in [-0.25, -0.2) is 9.97 Å². The van der Waals surface area contributed by atoms with Crippen LogP contribution in [0, 0.1) is 13.8 Å². The van der Waals surface area contributed by atoms with Gasteiger partial charge in [-0.3, -0.25) is 0 Å². The third-order valence-corrected chi connectivity index (χ3v) is 5.20. The number of hydrogen-bond acceptors (Lipinski definition) is 3. The molecule has 0 bridgehead atoms. The number of hydrogen-bond donors (Lipinski definition) is 0. The molecule has 2 aromatic heterocycles. The summed E-state index contributed by atoms with van der Waals surface area (Å²) >= 11 is 6.15. The molecule has 2 aromatic rings. The first-order valence-corrected chi connectivity index (χ1v) is 10.9. The molecule has 0 spiro atoms. The molecule has 0 aliphatic rings. The molecule has 0 saturated carbocycles. The monoisotopic (exact) mass is 311 g/mol. The fraction of sp³-hybridized carbons (Fsp3) is 0.571. The van der Waals surface area contributed by atoms with Crippen LogP contribution in [0.3, 0.4) is 0 Å². The number of imidazole rings is 1. The Hall–Kier alpha value is -0.913. The summed E-state index contributed by atoms with van der Waals surface area (Å²) in [6.07, 6.45) is 0. The molecule has 0 aliphatic carbocycles. The highest BCUT2D eigenvalue weighted by Crippen LogP contribution is 2.23. The average molecular weight is 312 g/mol. The van der Waals surface area contributed by atoms with Gasteiger partial charge in [0.2, 0.25) is 0 Å². The van der Waals surface area contributed by atoms with Crippen LogP contribution in [0.1, 0.15) is 11.5 Å². The number of fused-ring (bicyclic) bond motifs is 1. The van der Waals surface area contributed by atoms with Crippen LogP contribution in [-0.2, 0) is 11.5 Å². The number of nitrogens with zero attached hydrogens (tertiary/aromatic N) is 3. The fourth-order valence-corrected chi connectivity index (χ4v) is 3.04. The maximum atomic E-state index is 6.15. The molecule has 0 N–H and O–H groups in total. The largest absolute Gasteiger partial charge is 0.361 e. The smallest absolute Gasteiger partial charge is 0.157 e. The van der Waals surface area contributed by atoms with Gasteiger partial charge in [0.15, 0.2) is 5.15 Å². The van der Waals surface area contributed by atoms with E-state index < -0.39 is 8.07 Å². The second-order valence-corrected chi connectivity index (χ2v) is 12.3. The van der Waals surface area contributed by atoms with Crippen molar-refractivity contribution in [2.45, 2.75) is 46.3 Å². The van der Waals surface area contributed by atoms with E-state index in [4.69, 9.17) is 16.3 Å². The van der Waals surface area contributed by atoms with Crippen molar-refractivity contribution in [2.75, 3.05) is 6.61 Å². The Morgan fingerprint density at radius 1 is 1.25 bits per heavy atom. The molecule has 4 nitrogen and oxygen atoms in total. The Balaban J connectivity index is 2.16. The summed E-state index contributed by atoms with van der Waals surface area (Å²) < 4.78 is 7.87. The maximum absolute atomic E-state index is 6.15. The van der Waals surface area contributed by atoms with E-state index in [1.165, 1.54) is 6.04 Å². The van der Waals surface area contributed by atoms with Crippen molar-refractivity contribution in [3.63, 3.8) is 0 Å². The van der Waals surface area contributed by atoms with Crippen LogP contribution in [0.5, 0.6) is 0 Å². The van der Waals surface area contributed by atoms with Gasteiger partial charge in [-0.05, 0) is 26.0 Å². The normalized spacial score (nSPS) is 12.3. The molecule has 0 amide bonds. The molecule has 2 rings (SSSR count). The molecule has 0 fully saturated rings. The van der Waals surface area contributed by atoms with E-state index in [9.17, 15) is 0 Å². The van der Waals surface area contributed by atoms with E-state index in [0.717, 1.165) is 29.2 Å². The van der Waals surface area contributed by atoms with Gasteiger partial charge < -0.3 is 9.30 Å². The van der Waals surface area contributed by atoms with Crippen LogP contribution < -0.4 is 0 Å². The van der Waals surface area contributed by atoms with Gasteiger partial charge in [-0.2, -0.15) is 0 Å². The average Bonchev–Trinajstić information content (AvgIpc) is 2.61. The number of ether oxygens (including phenoxy) is 1. The summed E-state index contributed by atoms with van der Waals surface area (Å²) in [4.78, 5) is 8.72. The van der Waals surface area contributed by atoms with E-state index in [1.807, 2.05) is 19.9 Å². The summed E-state index contributed by atoms with van der Waals surface area (Å²) in [6, 6.07) is 3.17. The summed E-state index contributed by atoms with van der Waals surface area (Å²) in [5, 5.41) is 0.462. The van der Waals surface area contributed by atoms with E-state index in [-0.39, 0.29) is 0 Å². The fourth-order valence-electron chi connectivity index (χ4n) is 2.01. The molecule has 110 valence electrons. The lowest BCUT2D eigenvalue weighted by atomic mass is 10.3. The van der Waals surface area contributed by atoms with Crippen molar-refractivity contribution in [3.05, 3.63) is 22.7 Å². The van der Waals surface area contributed by atoms with Crippen molar-refractivity contribution in [1.82, 2.24) is 14.5 Å². The highest BCUT2D eigenvalue weighted by molar-refractivity contribution is 6.76. The minimum atomic E-state index is -1.05. The third-order valence-electron chi connectivity index (χ3n) is 3.23. The zero-order valence-corrected chi connectivity index (χ0v) is 14.6. The number of rotatable bonds is 5. The van der Waals surface area contributed by atoms with Crippen LogP contribution in [0.4, 0.5) is 0 Å². The minimum Gasteiger partial charge on any atom is -0.361 e. The highest BCUT2D eigenvalue weighted by atomic mass is 35.5. The van der Waals surface area contributed by atoms with Gasteiger partial charge >= 0.3 is 0 Å². The Morgan fingerprint density at radius 3 is 2.60 bits per heavy atom. The van der Waals surface area contributed by atoms with E-state index in [1.54, 1.807) is 0 Å². The van der Waals surface area contributed by atoms with E-state index >= 15 is 0 Å². The molecule has 6 heteroatoms. The first kappa shape index (κ1) is 15.5. The lowest BCUT2D eigenvalue weighted by molar-refractivity contribution is 0.0885. The predicted molar refractivity (Wildman–Crippen MR) is 86.1 cm³/mol. The van der Waals surface area contributed by atoms with Gasteiger partial charge in [0.05, 0.1) is 5.52 Å². The summed E-state index contributed by atoms with van der Waals surface area (Å²) in [5.41, 5.74) is 2.64. The van der Waals surface area contributed by atoms with Crippen LogP contribution in [0.15, 0.2) is 6.07 Å². The summed E-state index contributed by atoms with van der Waals surface area (Å²) in [6.45, 7) is 12.3. The van der Waals surface area contributed by atoms with Gasteiger partial charge in [-0.1, -0.05) is 31.2 Å². The SMILES string of the molecule is Cc1cc2c(nc(C)n2COCC[Si](C)(C)C)c(Cl)n1. The first-order chi connectivity index (χ1) is 9.28. The minimum absolute atomic E-state index is 0.462. The number of halogens is 1. The second-order valence-electron chi connectivity index (χ2n) is 6.36. The predicted octanol–water partition coefficient (Wildman–Crippen LogP) is 4.01.